The van der Waals surface area contributed by atoms with E-state index in [9.17, 15) is 0 Å². The second-order valence-corrected chi connectivity index (χ2v) is 5.70. The molecule has 2 heterocycles. The summed E-state index contributed by atoms with van der Waals surface area (Å²) in [7, 11) is 0. The van der Waals surface area contributed by atoms with Crippen LogP contribution >= 0.6 is 22.9 Å². The number of halogens is 1. The van der Waals surface area contributed by atoms with Gasteiger partial charge in [0.1, 0.15) is 0 Å². The van der Waals surface area contributed by atoms with E-state index in [1.165, 1.54) is 4.88 Å². The lowest BCUT2D eigenvalue weighted by atomic mass is 10.2. The molecule has 0 bridgehead atoms. The molecule has 0 saturated carbocycles. The number of nitrogens with zero attached hydrogens (tertiary/aromatic N) is 2. The van der Waals surface area contributed by atoms with Crippen LogP contribution in [0.1, 0.15) is 18.7 Å². The predicted octanol–water partition coefficient (Wildman–Crippen LogP) is 2.41. The zero-order valence-electron chi connectivity index (χ0n) is 8.94. The van der Waals surface area contributed by atoms with Crippen LogP contribution in [-0.4, -0.2) is 35.2 Å². The lowest BCUT2D eigenvalue weighted by molar-refractivity contribution is -0.0523. The van der Waals surface area contributed by atoms with Crippen molar-refractivity contribution in [3.63, 3.8) is 0 Å². The standard InChI is InChI=1S/C10H15ClN2OS/c1-7-6-14-8(2)4-13(7)5-9-3-12-10(11)15-9/h3,7-8H,4-6H2,1-2H3. The highest BCUT2D eigenvalue weighted by atomic mass is 35.5. The minimum atomic E-state index is 0.324. The molecule has 1 aliphatic rings. The molecule has 0 N–H and O–H groups in total. The molecule has 1 aromatic heterocycles. The highest BCUT2D eigenvalue weighted by molar-refractivity contribution is 7.15. The predicted molar refractivity (Wildman–Crippen MR) is 62.4 cm³/mol. The van der Waals surface area contributed by atoms with E-state index >= 15 is 0 Å². The number of hydrogen-bond donors (Lipinski definition) is 0. The normalized spacial score (nSPS) is 28.2. The molecule has 0 radical (unpaired) electrons. The Morgan fingerprint density at radius 1 is 1.67 bits per heavy atom. The molecule has 1 aromatic rings. The maximum absolute atomic E-state index is 5.81. The first kappa shape index (κ1) is 11.3. The second kappa shape index (κ2) is 4.78. The fourth-order valence-corrected chi connectivity index (χ4v) is 2.75. The second-order valence-electron chi connectivity index (χ2n) is 4.00. The van der Waals surface area contributed by atoms with E-state index in [0.717, 1.165) is 19.7 Å². The van der Waals surface area contributed by atoms with Gasteiger partial charge in [-0.05, 0) is 13.8 Å². The largest absolute Gasteiger partial charge is 0.376 e. The number of morpholine rings is 1. The lowest BCUT2D eigenvalue weighted by Gasteiger charge is -2.36. The Labute approximate surface area is 99.0 Å². The summed E-state index contributed by atoms with van der Waals surface area (Å²) in [4.78, 5) is 7.69. The van der Waals surface area contributed by atoms with Crippen molar-refractivity contribution in [2.24, 2.45) is 0 Å². The molecule has 2 rings (SSSR count). The van der Waals surface area contributed by atoms with Gasteiger partial charge in [0.2, 0.25) is 0 Å². The smallest absolute Gasteiger partial charge is 0.183 e. The van der Waals surface area contributed by atoms with Gasteiger partial charge < -0.3 is 4.74 Å². The summed E-state index contributed by atoms with van der Waals surface area (Å²) >= 11 is 7.36. The quantitative estimate of drug-likeness (QED) is 0.801. The highest BCUT2D eigenvalue weighted by Gasteiger charge is 2.23. The van der Waals surface area contributed by atoms with Crippen LogP contribution in [0, 0.1) is 0 Å². The third kappa shape index (κ3) is 2.91. The van der Waals surface area contributed by atoms with Gasteiger partial charge in [-0.25, -0.2) is 4.98 Å². The van der Waals surface area contributed by atoms with Gasteiger partial charge in [0, 0.05) is 30.2 Å². The Hall–Kier alpha value is -0.160. The van der Waals surface area contributed by atoms with Crippen LogP contribution < -0.4 is 0 Å². The fraction of sp³-hybridized carbons (Fsp3) is 0.700. The van der Waals surface area contributed by atoms with Crippen molar-refractivity contribution in [2.75, 3.05) is 13.2 Å². The molecule has 1 fully saturated rings. The van der Waals surface area contributed by atoms with Crippen LogP contribution in [0.2, 0.25) is 4.47 Å². The molecule has 3 nitrogen and oxygen atoms in total. The SMILES string of the molecule is CC1CN(Cc2cnc(Cl)s2)C(C)CO1. The van der Waals surface area contributed by atoms with E-state index in [1.54, 1.807) is 11.3 Å². The maximum atomic E-state index is 5.81. The fourth-order valence-electron chi connectivity index (χ4n) is 1.75. The van der Waals surface area contributed by atoms with Crippen molar-refractivity contribution >= 4 is 22.9 Å². The average Bonchev–Trinajstić information content (AvgIpc) is 2.58. The van der Waals surface area contributed by atoms with Gasteiger partial charge in [-0.3, -0.25) is 4.90 Å². The van der Waals surface area contributed by atoms with E-state index < -0.39 is 0 Å². The van der Waals surface area contributed by atoms with Crippen molar-refractivity contribution in [1.82, 2.24) is 9.88 Å². The third-order valence-electron chi connectivity index (χ3n) is 2.62. The molecule has 0 amide bonds. The summed E-state index contributed by atoms with van der Waals surface area (Å²) < 4.78 is 6.21. The van der Waals surface area contributed by atoms with E-state index in [1.807, 2.05) is 6.20 Å². The highest BCUT2D eigenvalue weighted by Crippen LogP contribution is 2.22. The maximum Gasteiger partial charge on any atom is 0.183 e. The molecule has 0 spiro atoms. The molecular weight excluding hydrogens is 232 g/mol. The molecule has 0 aromatic carbocycles. The van der Waals surface area contributed by atoms with Gasteiger partial charge in [-0.2, -0.15) is 0 Å². The van der Waals surface area contributed by atoms with Gasteiger partial charge in [0.15, 0.2) is 4.47 Å². The van der Waals surface area contributed by atoms with Crippen LogP contribution in [0.25, 0.3) is 0 Å². The van der Waals surface area contributed by atoms with Crippen molar-refractivity contribution < 1.29 is 4.74 Å². The van der Waals surface area contributed by atoms with Gasteiger partial charge in [0.05, 0.1) is 12.7 Å². The zero-order chi connectivity index (χ0) is 10.8. The van der Waals surface area contributed by atoms with E-state index in [0.29, 0.717) is 16.6 Å². The molecular formula is C10H15ClN2OS. The van der Waals surface area contributed by atoms with Crippen LogP contribution in [0.3, 0.4) is 0 Å². The summed E-state index contributed by atoms with van der Waals surface area (Å²) in [5, 5.41) is 0. The first-order valence-electron chi connectivity index (χ1n) is 5.11. The van der Waals surface area contributed by atoms with Gasteiger partial charge in [-0.1, -0.05) is 11.6 Å². The van der Waals surface area contributed by atoms with Crippen molar-refractivity contribution in [1.29, 1.82) is 0 Å². The zero-order valence-corrected chi connectivity index (χ0v) is 10.5. The summed E-state index contributed by atoms with van der Waals surface area (Å²) in [6, 6.07) is 0.474. The van der Waals surface area contributed by atoms with Crippen molar-refractivity contribution in [3.8, 4) is 0 Å². The summed E-state index contributed by atoms with van der Waals surface area (Å²) in [6.45, 7) is 7.02. The molecule has 0 aliphatic carbocycles. The van der Waals surface area contributed by atoms with Crippen LogP contribution in [0.5, 0.6) is 0 Å². The van der Waals surface area contributed by atoms with Crippen molar-refractivity contribution in [2.45, 2.75) is 32.5 Å². The average molecular weight is 247 g/mol. The molecule has 1 saturated heterocycles. The molecule has 2 unspecified atom stereocenters. The Morgan fingerprint density at radius 3 is 3.13 bits per heavy atom. The molecule has 5 heteroatoms. The monoisotopic (exact) mass is 246 g/mol. The Morgan fingerprint density at radius 2 is 2.47 bits per heavy atom. The summed E-state index contributed by atoms with van der Waals surface area (Å²) in [5.41, 5.74) is 0. The third-order valence-corrected chi connectivity index (χ3v) is 3.72. The Balaban J connectivity index is 1.98. The number of ether oxygens (including phenoxy) is 1. The number of aromatic nitrogens is 1. The minimum Gasteiger partial charge on any atom is -0.376 e. The number of rotatable bonds is 2. The van der Waals surface area contributed by atoms with Crippen LogP contribution in [0.15, 0.2) is 6.20 Å². The van der Waals surface area contributed by atoms with Crippen LogP contribution in [-0.2, 0) is 11.3 Å². The number of thiazole rings is 1. The van der Waals surface area contributed by atoms with E-state index in [4.69, 9.17) is 16.3 Å². The van der Waals surface area contributed by atoms with E-state index in [2.05, 4.69) is 23.7 Å². The number of hydrogen-bond acceptors (Lipinski definition) is 4. The molecule has 84 valence electrons. The lowest BCUT2D eigenvalue weighted by Crippen LogP contribution is -2.46. The van der Waals surface area contributed by atoms with Gasteiger partial charge >= 0.3 is 0 Å². The summed E-state index contributed by atoms with van der Waals surface area (Å²) in [5.74, 6) is 0. The minimum absolute atomic E-state index is 0.324. The topological polar surface area (TPSA) is 25.4 Å². The van der Waals surface area contributed by atoms with Crippen molar-refractivity contribution in [3.05, 3.63) is 15.5 Å². The molecule has 15 heavy (non-hydrogen) atoms. The summed E-state index contributed by atoms with van der Waals surface area (Å²) in [6.07, 6.45) is 2.18. The molecule has 1 aliphatic heterocycles. The first-order valence-corrected chi connectivity index (χ1v) is 6.30. The van der Waals surface area contributed by atoms with Crippen LogP contribution in [0.4, 0.5) is 0 Å². The molecule has 2 atom stereocenters. The Kier molecular flexibility index (Phi) is 3.61. The van der Waals surface area contributed by atoms with Gasteiger partial charge in [-0.15, -0.1) is 11.3 Å². The van der Waals surface area contributed by atoms with Gasteiger partial charge in [0.25, 0.3) is 0 Å². The first-order chi connectivity index (χ1) is 7.15. The Bertz CT molecular complexity index is 331. The van der Waals surface area contributed by atoms with E-state index in [-0.39, 0.29) is 0 Å².